The van der Waals surface area contributed by atoms with E-state index >= 15 is 0 Å². The summed E-state index contributed by atoms with van der Waals surface area (Å²) in [6.45, 7) is 1.48. The van der Waals surface area contributed by atoms with E-state index in [2.05, 4.69) is 19.9 Å². The molecule has 0 aromatic carbocycles. The van der Waals surface area contributed by atoms with Crippen molar-refractivity contribution in [2.24, 2.45) is 17.8 Å². The maximum Gasteiger partial charge on any atom is 0.308 e. The molecule has 2 bridgehead atoms. The number of aromatic nitrogens is 4. The van der Waals surface area contributed by atoms with Crippen molar-refractivity contribution in [3.05, 3.63) is 41.7 Å². The van der Waals surface area contributed by atoms with E-state index in [1.807, 2.05) is 6.20 Å². The lowest BCUT2D eigenvalue weighted by Crippen LogP contribution is -2.54. The Kier molecular flexibility index (Phi) is 4.71. The van der Waals surface area contributed by atoms with Crippen LogP contribution < -0.4 is 0 Å². The van der Waals surface area contributed by atoms with Gasteiger partial charge in [0.1, 0.15) is 11.5 Å². The summed E-state index contributed by atoms with van der Waals surface area (Å²) in [6.07, 6.45) is 11.1. The first-order chi connectivity index (χ1) is 15.6. The van der Waals surface area contributed by atoms with Gasteiger partial charge < -0.3 is 10.1 Å². The molecule has 2 fully saturated rings. The molecule has 0 saturated heterocycles. The SMILES string of the molecule is O=C(O)[C@H]1CC2CCCC(C2)[C@@H]1N1CCc2cnc(-c3c[nH]c4ncc(F)cc34)nc2C1. The quantitative estimate of drug-likeness (QED) is 0.650. The maximum atomic E-state index is 13.8. The van der Waals surface area contributed by atoms with Gasteiger partial charge in [0.2, 0.25) is 0 Å². The zero-order valence-electron chi connectivity index (χ0n) is 17.8. The molecular weight excluding hydrogens is 409 g/mol. The number of rotatable bonds is 3. The summed E-state index contributed by atoms with van der Waals surface area (Å²) in [5.74, 6) is 0.200. The number of H-pyrrole nitrogens is 1. The van der Waals surface area contributed by atoms with E-state index in [-0.39, 0.29) is 12.0 Å². The molecule has 4 heterocycles. The van der Waals surface area contributed by atoms with Gasteiger partial charge in [0, 0.05) is 42.5 Å². The molecule has 32 heavy (non-hydrogen) atoms. The predicted octanol–water partition coefficient (Wildman–Crippen LogP) is 3.80. The molecule has 7 nitrogen and oxygen atoms in total. The van der Waals surface area contributed by atoms with Crippen LogP contribution in [-0.2, 0) is 17.8 Å². The van der Waals surface area contributed by atoms with Crippen molar-refractivity contribution >= 4 is 17.0 Å². The third-order valence-electron chi connectivity index (χ3n) is 7.76. The minimum Gasteiger partial charge on any atom is -0.481 e. The van der Waals surface area contributed by atoms with Gasteiger partial charge in [0.25, 0.3) is 0 Å². The number of aliphatic carboxylic acids is 1. The lowest BCUT2D eigenvalue weighted by molar-refractivity contribution is -0.149. The van der Waals surface area contributed by atoms with Gasteiger partial charge in [-0.1, -0.05) is 12.8 Å². The van der Waals surface area contributed by atoms with Crippen molar-refractivity contribution in [3.63, 3.8) is 0 Å². The highest BCUT2D eigenvalue weighted by atomic mass is 19.1. The van der Waals surface area contributed by atoms with Crippen LogP contribution in [0.2, 0.25) is 0 Å². The van der Waals surface area contributed by atoms with Gasteiger partial charge in [0.05, 0.1) is 17.8 Å². The number of hydrogen-bond acceptors (Lipinski definition) is 5. The topological polar surface area (TPSA) is 95.0 Å². The molecule has 3 aliphatic rings. The standard InChI is InChI=1S/C24H26FN5O2/c25-16-8-17-19(11-28-22(17)27-10-16)23-26-9-15-4-5-30(12-20(15)29-23)21-14-3-1-2-13(6-14)7-18(21)24(31)32/h8-11,13-14,18,21H,1-7,12H2,(H,27,28)(H,31,32)/t13?,14?,18-,21-/m0/s1. The summed E-state index contributed by atoms with van der Waals surface area (Å²) >= 11 is 0. The zero-order valence-corrected chi connectivity index (χ0v) is 17.8. The minimum atomic E-state index is -0.658. The maximum absolute atomic E-state index is 13.8. The number of fused-ring (bicyclic) bond motifs is 4. The van der Waals surface area contributed by atoms with Crippen LogP contribution in [0.5, 0.6) is 0 Å². The summed E-state index contributed by atoms with van der Waals surface area (Å²) in [7, 11) is 0. The molecule has 2 N–H and O–H groups in total. The first-order valence-electron chi connectivity index (χ1n) is 11.5. The molecule has 8 heteroatoms. The summed E-state index contributed by atoms with van der Waals surface area (Å²) < 4.78 is 13.8. The Labute approximate surface area is 185 Å². The molecule has 4 atom stereocenters. The monoisotopic (exact) mass is 435 g/mol. The Morgan fingerprint density at radius 2 is 2.12 bits per heavy atom. The molecular formula is C24H26FN5O2. The molecule has 2 aliphatic carbocycles. The highest BCUT2D eigenvalue weighted by Gasteiger charge is 2.46. The number of aromatic amines is 1. The Morgan fingerprint density at radius 3 is 3.00 bits per heavy atom. The molecule has 3 aromatic heterocycles. The van der Waals surface area contributed by atoms with Gasteiger partial charge in [-0.3, -0.25) is 9.69 Å². The van der Waals surface area contributed by atoms with Crippen molar-refractivity contribution in [1.29, 1.82) is 0 Å². The summed E-state index contributed by atoms with van der Waals surface area (Å²) in [5, 5.41) is 10.6. The number of halogens is 1. The molecule has 2 saturated carbocycles. The Bertz CT molecular complexity index is 1190. The van der Waals surface area contributed by atoms with Gasteiger partial charge >= 0.3 is 5.97 Å². The number of carboxylic acids is 1. The average molecular weight is 436 g/mol. The minimum absolute atomic E-state index is 0.0713. The third-order valence-corrected chi connectivity index (χ3v) is 7.76. The second-order valence-electron chi connectivity index (χ2n) is 9.60. The fourth-order valence-electron chi connectivity index (χ4n) is 6.35. The smallest absolute Gasteiger partial charge is 0.308 e. The van der Waals surface area contributed by atoms with E-state index in [1.165, 1.54) is 25.1 Å². The van der Waals surface area contributed by atoms with E-state index in [0.29, 0.717) is 35.2 Å². The van der Waals surface area contributed by atoms with E-state index < -0.39 is 11.8 Å². The molecule has 166 valence electrons. The van der Waals surface area contributed by atoms with Crippen molar-refractivity contribution in [1.82, 2.24) is 24.8 Å². The normalized spacial score (nSPS) is 27.9. The molecule has 3 aromatic rings. The summed E-state index contributed by atoms with van der Waals surface area (Å²) in [5.41, 5.74) is 3.38. The molecule has 1 aliphatic heterocycles. The first kappa shape index (κ1) is 19.8. The lowest BCUT2D eigenvalue weighted by atomic mass is 9.64. The van der Waals surface area contributed by atoms with Gasteiger partial charge in [-0.2, -0.15) is 0 Å². The van der Waals surface area contributed by atoms with Gasteiger partial charge in [-0.25, -0.2) is 19.3 Å². The van der Waals surface area contributed by atoms with Crippen molar-refractivity contribution < 1.29 is 14.3 Å². The van der Waals surface area contributed by atoms with E-state index in [0.717, 1.165) is 49.0 Å². The van der Waals surface area contributed by atoms with Crippen LogP contribution in [0.4, 0.5) is 4.39 Å². The van der Waals surface area contributed by atoms with Crippen LogP contribution in [0.25, 0.3) is 22.4 Å². The average Bonchev–Trinajstić information content (AvgIpc) is 3.21. The van der Waals surface area contributed by atoms with Crippen LogP contribution in [0.3, 0.4) is 0 Å². The van der Waals surface area contributed by atoms with Crippen LogP contribution in [0.15, 0.2) is 24.7 Å². The van der Waals surface area contributed by atoms with Crippen LogP contribution >= 0.6 is 0 Å². The van der Waals surface area contributed by atoms with E-state index in [9.17, 15) is 14.3 Å². The van der Waals surface area contributed by atoms with E-state index in [1.54, 1.807) is 6.20 Å². The van der Waals surface area contributed by atoms with Crippen LogP contribution in [0, 0.1) is 23.6 Å². The largest absolute Gasteiger partial charge is 0.481 e. The first-order valence-corrected chi connectivity index (χ1v) is 11.5. The zero-order chi connectivity index (χ0) is 21.8. The fraction of sp³-hybridized carbons (Fsp3) is 0.500. The molecule has 0 amide bonds. The number of carboxylic acid groups (broad SMARTS) is 1. The summed E-state index contributed by atoms with van der Waals surface area (Å²) in [4.78, 5) is 31.1. The molecule has 0 spiro atoms. The lowest BCUT2D eigenvalue weighted by Gasteiger charge is -2.49. The predicted molar refractivity (Wildman–Crippen MR) is 116 cm³/mol. The van der Waals surface area contributed by atoms with Crippen molar-refractivity contribution in [3.8, 4) is 11.4 Å². The number of pyridine rings is 1. The van der Waals surface area contributed by atoms with Crippen LogP contribution in [0.1, 0.15) is 43.4 Å². The fourth-order valence-corrected chi connectivity index (χ4v) is 6.35. The van der Waals surface area contributed by atoms with E-state index in [4.69, 9.17) is 4.98 Å². The number of nitrogens with zero attached hydrogens (tertiary/aromatic N) is 4. The number of carbonyl (C=O) groups is 1. The van der Waals surface area contributed by atoms with Crippen molar-refractivity contribution in [2.45, 2.75) is 51.1 Å². The van der Waals surface area contributed by atoms with Gasteiger partial charge in [-0.15, -0.1) is 0 Å². The van der Waals surface area contributed by atoms with Gasteiger partial charge in [-0.05, 0) is 49.1 Å². The number of hydrogen-bond donors (Lipinski definition) is 2. The van der Waals surface area contributed by atoms with Gasteiger partial charge in [0.15, 0.2) is 5.82 Å². The Balaban J connectivity index is 1.33. The highest BCUT2D eigenvalue weighted by Crippen LogP contribution is 2.45. The second kappa shape index (κ2) is 7.62. The van der Waals surface area contributed by atoms with Crippen molar-refractivity contribution in [2.75, 3.05) is 6.54 Å². The summed E-state index contributed by atoms with van der Waals surface area (Å²) in [6, 6.07) is 1.52. The Morgan fingerprint density at radius 1 is 1.22 bits per heavy atom. The Hall–Kier alpha value is -2.87. The second-order valence-corrected chi connectivity index (χ2v) is 9.60. The molecule has 0 radical (unpaired) electrons. The highest BCUT2D eigenvalue weighted by molar-refractivity contribution is 5.91. The molecule has 6 rings (SSSR count). The molecule has 2 unspecified atom stereocenters. The number of nitrogens with one attached hydrogen (secondary N) is 1. The third kappa shape index (κ3) is 3.28. The van der Waals surface area contributed by atoms with Crippen LogP contribution in [-0.4, -0.2) is 48.5 Å².